The van der Waals surface area contributed by atoms with Crippen molar-refractivity contribution in [3.8, 4) is 5.88 Å². The highest BCUT2D eigenvalue weighted by Gasteiger charge is 2.04. The van der Waals surface area contributed by atoms with Gasteiger partial charge in [0.15, 0.2) is 0 Å². The third-order valence-electron chi connectivity index (χ3n) is 1.66. The maximum Gasteiger partial charge on any atom is 0.213 e. The third kappa shape index (κ3) is 0.992. The zero-order valence-corrected chi connectivity index (χ0v) is 8.08. The Kier molecular flexibility index (Phi) is 1.77. The molecule has 62 valence electrons. The second-order valence-corrected chi connectivity index (χ2v) is 3.20. The highest BCUT2D eigenvalue weighted by Crippen LogP contribution is 2.24. The Balaban J connectivity index is 2.83. The van der Waals surface area contributed by atoms with Crippen LogP contribution in [0.1, 0.15) is 0 Å². The third-order valence-corrected chi connectivity index (χ3v) is 2.27. The molecule has 0 N–H and O–H groups in total. The van der Waals surface area contributed by atoms with Crippen molar-refractivity contribution in [2.75, 3.05) is 7.11 Å². The predicted molar refractivity (Wildman–Crippen MR) is 49.4 cm³/mol. The van der Waals surface area contributed by atoms with Crippen LogP contribution in [0.3, 0.4) is 0 Å². The van der Waals surface area contributed by atoms with Gasteiger partial charge in [0.2, 0.25) is 5.88 Å². The number of pyridine rings is 1. The van der Waals surface area contributed by atoms with Gasteiger partial charge in [-0.25, -0.2) is 4.98 Å². The Morgan fingerprint density at radius 2 is 2.33 bits per heavy atom. The molecule has 0 aliphatic heterocycles. The molecular weight excluding hydrogens is 220 g/mol. The van der Waals surface area contributed by atoms with Gasteiger partial charge in [-0.1, -0.05) is 0 Å². The first-order chi connectivity index (χ1) is 5.83. The topological polar surface area (TPSA) is 26.5 Å². The Morgan fingerprint density at radius 1 is 1.50 bits per heavy atom. The van der Waals surface area contributed by atoms with Crippen LogP contribution in [-0.2, 0) is 0 Å². The molecule has 0 aliphatic rings. The molecule has 0 aromatic carbocycles. The van der Waals surface area contributed by atoms with Crippen molar-refractivity contribution in [2.24, 2.45) is 0 Å². The summed E-state index contributed by atoms with van der Waals surface area (Å²) in [5.74, 6) is 0.769. The molecule has 0 atom stereocenters. The fraction of sp³-hybridized carbons (Fsp3) is 0.125. The number of hydrogen-bond acceptors (Lipinski definition) is 2. The molecule has 4 heteroatoms. The van der Waals surface area contributed by atoms with E-state index in [4.69, 9.17) is 4.74 Å². The predicted octanol–water partition coefficient (Wildman–Crippen LogP) is 2.11. The van der Waals surface area contributed by atoms with Crippen molar-refractivity contribution >= 4 is 21.6 Å². The van der Waals surface area contributed by atoms with Gasteiger partial charge in [-0.2, -0.15) is 0 Å². The lowest BCUT2D eigenvalue weighted by molar-refractivity contribution is 0.389. The molecule has 2 aromatic heterocycles. The summed E-state index contributed by atoms with van der Waals surface area (Å²) in [5.41, 5.74) is 0.884. The smallest absolute Gasteiger partial charge is 0.213 e. The fourth-order valence-electron chi connectivity index (χ4n) is 1.14. The lowest BCUT2D eigenvalue weighted by Gasteiger charge is -2.04. The number of imidazole rings is 1. The average molecular weight is 227 g/mol. The van der Waals surface area contributed by atoms with E-state index in [1.54, 1.807) is 13.3 Å². The molecule has 0 amide bonds. The number of nitrogens with zero attached hydrogens (tertiary/aromatic N) is 2. The zero-order valence-electron chi connectivity index (χ0n) is 6.49. The Hall–Kier alpha value is -1.03. The van der Waals surface area contributed by atoms with E-state index in [1.807, 2.05) is 22.7 Å². The van der Waals surface area contributed by atoms with Crippen LogP contribution in [-0.4, -0.2) is 16.5 Å². The molecule has 3 nitrogen and oxygen atoms in total. The molecule has 0 saturated heterocycles. The van der Waals surface area contributed by atoms with Gasteiger partial charge in [0.1, 0.15) is 5.65 Å². The van der Waals surface area contributed by atoms with Crippen LogP contribution in [0.25, 0.3) is 5.65 Å². The van der Waals surface area contributed by atoms with Gasteiger partial charge in [0.25, 0.3) is 0 Å². The minimum absolute atomic E-state index is 0.769. The number of ether oxygens (including phenoxy) is 1. The summed E-state index contributed by atoms with van der Waals surface area (Å²) in [7, 11) is 1.64. The van der Waals surface area contributed by atoms with E-state index in [-0.39, 0.29) is 0 Å². The van der Waals surface area contributed by atoms with E-state index in [9.17, 15) is 0 Å². The number of fused-ring (bicyclic) bond motifs is 1. The first kappa shape index (κ1) is 7.61. The van der Waals surface area contributed by atoms with Crippen molar-refractivity contribution in [3.63, 3.8) is 0 Å². The maximum atomic E-state index is 5.19. The molecule has 0 aliphatic carbocycles. The fourth-order valence-corrected chi connectivity index (χ4v) is 1.62. The van der Waals surface area contributed by atoms with Gasteiger partial charge in [-0.3, -0.25) is 4.40 Å². The minimum Gasteiger partial charge on any atom is -0.481 e. The molecule has 0 spiro atoms. The quantitative estimate of drug-likeness (QED) is 0.745. The van der Waals surface area contributed by atoms with E-state index >= 15 is 0 Å². The summed E-state index contributed by atoms with van der Waals surface area (Å²) >= 11 is 3.39. The Labute approximate surface area is 78.1 Å². The summed E-state index contributed by atoms with van der Waals surface area (Å²) in [6.07, 6.45) is 3.60. The highest BCUT2D eigenvalue weighted by atomic mass is 79.9. The standard InChI is InChI=1S/C8H7BrN2O/c1-12-8-6(9)2-3-7-10-4-5-11(7)8/h2-5H,1H3. The highest BCUT2D eigenvalue weighted by molar-refractivity contribution is 9.10. The summed E-state index contributed by atoms with van der Waals surface area (Å²) < 4.78 is 8.00. The molecule has 12 heavy (non-hydrogen) atoms. The SMILES string of the molecule is COc1c(Br)ccc2nccn12. The van der Waals surface area contributed by atoms with Crippen LogP contribution < -0.4 is 4.74 Å². The molecule has 0 fully saturated rings. The lowest BCUT2D eigenvalue weighted by atomic mass is 10.4. The number of methoxy groups -OCH3 is 1. The molecule has 0 unspecified atom stereocenters. The van der Waals surface area contributed by atoms with Gasteiger partial charge in [-0.15, -0.1) is 0 Å². The van der Waals surface area contributed by atoms with Crippen molar-refractivity contribution in [3.05, 3.63) is 29.0 Å². The normalized spacial score (nSPS) is 10.5. The molecule has 2 rings (SSSR count). The average Bonchev–Trinajstić information content (AvgIpc) is 2.52. The van der Waals surface area contributed by atoms with Crippen LogP contribution in [0.5, 0.6) is 5.88 Å². The van der Waals surface area contributed by atoms with Crippen molar-refractivity contribution in [1.29, 1.82) is 0 Å². The van der Waals surface area contributed by atoms with Crippen molar-refractivity contribution < 1.29 is 4.74 Å². The van der Waals surface area contributed by atoms with Gasteiger partial charge >= 0.3 is 0 Å². The molecular formula is C8H7BrN2O. The van der Waals surface area contributed by atoms with Crippen LogP contribution in [0.15, 0.2) is 29.0 Å². The van der Waals surface area contributed by atoms with E-state index in [0.717, 1.165) is 16.0 Å². The summed E-state index contributed by atoms with van der Waals surface area (Å²) in [4.78, 5) is 4.13. The summed E-state index contributed by atoms with van der Waals surface area (Å²) in [6.45, 7) is 0. The molecule has 0 radical (unpaired) electrons. The van der Waals surface area contributed by atoms with E-state index in [0.29, 0.717) is 0 Å². The maximum absolute atomic E-state index is 5.19. The van der Waals surface area contributed by atoms with Crippen molar-refractivity contribution in [2.45, 2.75) is 0 Å². The van der Waals surface area contributed by atoms with E-state index in [1.165, 1.54) is 0 Å². The van der Waals surface area contributed by atoms with Gasteiger partial charge in [-0.05, 0) is 28.1 Å². The number of aromatic nitrogens is 2. The molecule has 2 heterocycles. The zero-order chi connectivity index (χ0) is 8.55. The van der Waals surface area contributed by atoms with E-state index in [2.05, 4.69) is 20.9 Å². The Bertz CT molecular complexity index is 410. The first-order valence-electron chi connectivity index (χ1n) is 3.48. The number of rotatable bonds is 1. The monoisotopic (exact) mass is 226 g/mol. The van der Waals surface area contributed by atoms with Crippen LogP contribution in [0.2, 0.25) is 0 Å². The van der Waals surface area contributed by atoms with Gasteiger partial charge in [0.05, 0.1) is 11.6 Å². The number of hydrogen-bond donors (Lipinski definition) is 0. The summed E-state index contributed by atoms with van der Waals surface area (Å²) in [5, 5.41) is 0. The van der Waals surface area contributed by atoms with Crippen LogP contribution in [0, 0.1) is 0 Å². The number of halogens is 1. The molecule has 0 saturated carbocycles. The second-order valence-electron chi connectivity index (χ2n) is 2.35. The largest absolute Gasteiger partial charge is 0.481 e. The summed E-state index contributed by atoms with van der Waals surface area (Å²) in [6, 6.07) is 3.84. The van der Waals surface area contributed by atoms with E-state index < -0.39 is 0 Å². The van der Waals surface area contributed by atoms with Gasteiger partial charge < -0.3 is 4.74 Å². The molecule has 2 aromatic rings. The second kappa shape index (κ2) is 2.79. The van der Waals surface area contributed by atoms with Crippen molar-refractivity contribution in [1.82, 2.24) is 9.38 Å². The first-order valence-corrected chi connectivity index (χ1v) is 4.28. The van der Waals surface area contributed by atoms with Gasteiger partial charge in [0, 0.05) is 12.4 Å². The van der Waals surface area contributed by atoms with Crippen LogP contribution in [0.4, 0.5) is 0 Å². The Morgan fingerprint density at radius 3 is 3.08 bits per heavy atom. The minimum atomic E-state index is 0.769. The lowest BCUT2D eigenvalue weighted by Crippen LogP contribution is -1.93. The van der Waals surface area contributed by atoms with Crippen LogP contribution >= 0.6 is 15.9 Å². The molecule has 0 bridgehead atoms.